The molecule has 16 atom stereocenters. The van der Waals surface area contributed by atoms with Gasteiger partial charge < -0.3 is 94.4 Å². The average molecular weight is 2420 g/mol. The summed E-state index contributed by atoms with van der Waals surface area (Å²) in [6, 6.07) is 0.727. The van der Waals surface area contributed by atoms with E-state index in [-0.39, 0.29) is 206 Å². The van der Waals surface area contributed by atoms with Gasteiger partial charge in [-0.15, -0.1) is 6.42 Å². The molecule has 0 unspecified atom stereocenters. The quantitative estimate of drug-likeness (QED) is 0.0153. The molecule has 9 rings (SSSR count). The smallest absolute Gasteiger partial charge is 0.383 e. The van der Waals surface area contributed by atoms with E-state index in [0.29, 0.717) is 91.6 Å². The molecule has 32 heteroatoms. The Bertz CT molecular complexity index is 2860. The number of cyclic esters (lactones) is 1. The van der Waals surface area contributed by atoms with Crippen molar-refractivity contribution in [2.24, 2.45) is 41.4 Å². The number of likely N-dealkylation sites (N-methyl/N-ethyl adjacent to an activating group) is 4. The molecule has 0 radical (unpaired) electrons. The maximum atomic E-state index is 13.9. The van der Waals surface area contributed by atoms with E-state index in [4.69, 9.17) is 9.47 Å². The number of aliphatic hydroxyl groups excluding tert-OH is 7. The summed E-state index contributed by atoms with van der Waals surface area (Å²) in [7, 11) is 7.22. The van der Waals surface area contributed by atoms with Gasteiger partial charge in [-0.1, -0.05) is 261 Å². The Morgan fingerprint density at radius 3 is 1.17 bits per heavy atom. The number of rotatable bonds is 49. The van der Waals surface area contributed by atoms with E-state index in [1.807, 2.05) is 35.0 Å². The van der Waals surface area contributed by atoms with Gasteiger partial charge in [0, 0.05) is 181 Å². The number of ketones is 1. The third-order valence-corrected chi connectivity index (χ3v) is 30.4. The van der Waals surface area contributed by atoms with Gasteiger partial charge >= 0.3 is 137 Å². The van der Waals surface area contributed by atoms with Crippen molar-refractivity contribution in [3.63, 3.8) is 0 Å². The average Bonchev–Trinajstić information content (AvgIpc) is 0.952. The SMILES string of the molecule is CC(C)N[C@@H](CC1CCCCC1)[C@@H](O)C[CH-]C(=O)[NH][GeH3].CC(C)N[C@@H](CC1CCCCC1)[C@@H](O)[C@@H]1C[CH-]CO1.CC(C)N[C@@H](CC1CCCCC1)[C@@H](O)[C@@H]1C[N-]C(=O)O1.CCCNC(=O)C(F)(F)C(=O)[C@H](CC1CCCCC1)NC.CCCNC(=O)C[C@H](O)[C@H](CC1CCCCC1)NC.CCC[C@H](O)[C@H](O)[C@H](CC1CCCCC1)NC.CN[C@@H](CC1CCCCC1)[C@@H](O)CSC.[Gd].[Gd].[Gd]. The van der Waals surface area contributed by atoms with E-state index in [1.54, 1.807) is 25.1 Å². The molecule has 7 saturated carbocycles. The van der Waals surface area contributed by atoms with Crippen LogP contribution in [0.1, 0.15) is 377 Å². The van der Waals surface area contributed by atoms with Crippen LogP contribution >= 0.6 is 11.8 Å². The Labute approximate surface area is 922 Å². The number of carbonyl (C=O) groups excluding carboxylic acids is 5. The molecule has 17 N–H and O–H groups in total. The van der Waals surface area contributed by atoms with Crippen LogP contribution < -0.4 is 52.1 Å². The fourth-order valence-electron chi connectivity index (χ4n) is 21.1. The third kappa shape index (κ3) is 59.4. The molecule has 2 heterocycles. The van der Waals surface area contributed by atoms with E-state index in [0.717, 1.165) is 113 Å². The Hall–Kier alpha value is 1.35. The van der Waals surface area contributed by atoms with Crippen LogP contribution in [0.4, 0.5) is 13.6 Å². The van der Waals surface area contributed by atoms with Crippen molar-refractivity contribution in [2.45, 2.75) is 498 Å². The second-order valence-corrected chi connectivity index (χ2v) is 42.9. The van der Waals surface area contributed by atoms with Gasteiger partial charge in [-0.3, -0.25) is 19.2 Å². The molecule has 0 aromatic heterocycles. The van der Waals surface area contributed by atoms with Gasteiger partial charge in [-0.2, -0.15) is 20.5 Å². The van der Waals surface area contributed by atoms with Crippen molar-refractivity contribution in [1.29, 1.82) is 0 Å². The van der Waals surface area contributed by atoms with Crippen molar-refractivity contribution >= 4 is 58.1 Å². The van der Waals surface area contributed by atoms with Crippen molar-refractivity contribution < 1.29 is 198 Å². The molecule has 2 aliphatic heterocycles. The molecule has 134 heavy (non-hydrogen) atoms. The zero-order valence-corrected chi connectivity index (χ0v) is 97.8. The first-order valence-corrected chi connectivity index (χ1v) is 56.4. The minimum Gasteiger partial charge on any atom is -0.614 e. The fourth-order valence-corrected chi connectivity index (χ4v) is 22.1. The molecule has 0 spiro atoms. The first-order valence-electron chi connectivity index (χ1n) is 52.9. The standard InChI is InChI=1S/C16H30NO2.C15H26F2N2O2.C15H31GeN2O2.C15H28N2O3.C15H30N2O2.C14H29NO2.C12H25NOS.3Gd/c1-12(2)17-14(11-13-7-4-3-5-8-13)16(18)15-9-6-10-19-15;1-3-9-19-14(21)15(16,17)13(20)12(18-2)10-11-7-5-4-6-8-11;1-11(2)17-13(10-12-6-4-3-5-7-12)14(19)8-9-15(20)18-16;1-10(2)17-12(8-11-6-4-3-5-7-11)14(18)13-9-16-15(19)20-13;1-3-9-17-15(19)11-14(18)13(16-2)10-12-7-5-4-6-8-12;1-3-7-13(16)14(17)12(15-2)10-11-8-5-4-6-9-11;1-13-11(12(14)9-15-2)8-10-6-4-3-5-7-10;;;/h6,12-18H,3-5,7-11H2,1-2H3;11-12,18H,3-10H2,1-2H3,(H,19,21);9,11-14,17,19H,3-8,10H2,1-2,16H3,(H,18,20);10-14,17-18H,3-9H2,1-2H3,(H,16,19);12-14,16,18H,3-11H2,1-2H3,(H,17,19);11-17H,3-10H2,1-2H3;10-14H,3-9H2,1-2H3;;;/q-1;;-1;;;;;;;/p-1/t14-,15-,16+;12-;13-,14-;12-,13-,14+;13-,14-;12-,13-,14+;11-,12-;;;/m0000000.../s1. The zero-order chi connectivity index (χ0) is 96.9. The number of nitrogens with one attached hydrogen (secondary N) is 10. The van der Waals surface area contributed by atoms with Crippen molar-refractivity contribution in [1.82, 2.24) is 52.1 Å². The number of carbonyl (C=O) groups is 5. The largest absolute Gasteiger partial charge is 0.614 e. The molecule has 9 fully saturated rings. The topological polar surface area (TPSA) is 380 Å². The van der Waals surface area contributed by atoms with Crippen molar-refractivity contribution in [2.75, 3.05) is 66.4 Å². The summed E-state index contributed by atoms with van der Waals surface area (Å²) >= 11 is 2.05. The minimum atomic E-state index is -3.96. The summed E-state index contributed by atoms with van der Waals surface area (Å²) in [6.45, 7) is 20.3. The molecule has 25 nitrogen and oxygen atoms in total. The Morgan fingerprint density at radius 2 is 0.836 bits per heavy atom. The van der Waals surface area contributed by atoms with Crippen LogP contribution in [0.15, 0.2) is 0 Å². The van der Waals surface area contributed by atoms with Crippen LogP contribution in [0.3, 0.4) is 0 Å². The first-order chi connectivity index (χ1) is 62.8. The van der Waals surface area contributed by atoms with Crippen molar-refractivity contribution in [3.8, 4) is 0 Å². The number of Topliss-reactive ketones (excluding diaryl/α,β-unsaturated/α-hetero) is 1. The van der Waals surface area contributed by atoms with Crippen LogP contribution in [0, 0.1) is 174 Å². The number of hydrogen-bond acceptors (Lipinski definition) is 22. The number of halogens is 2. The molecule has 7 aliphatic carbocycles. The summed E-state index contributed by atoms with van der Waals surface area (Å²) in [4.78, 5) is 57.5. The molecule has 2 saturated heterocycles. The first kappa shape index (κ1) is 135. The van der Waals surface area contributed by atoms with Gasteiger partial charge in [0.25, 0.3) is 5.91 Å². The molecular formula is C102H198F2Gd3GeN11O14S-3. The Balaban J connectivity index is 0.00000154. The number of amides is 4. The van der Waals surface area contributed by atoms with Crippen LogP contribution in [0.25, 0.3) is 5.32 Å². The molecule has 0 aromatic rings. The molecule has 0 bridgehead atoms. The molecule has 4 amide bonds. The number of alkyl halides is 2. The molecular weight excluding hydrogens is 2220 g/mol. The summed E-state index contributed by atoms with van der Waals surface area (Å²) in [5.41, 5.74) is 0. The second kappa shape index (κ2) is 82.3. The van der Waals surface area contributed by atoms with Gasteiger partial charge in [-0.25, -0.2) is 0 Å². The minimum absolute atomic E-state index is 0. The molecule has 0 aromatic carbocycles. The maximum absolute atomic E-state index is 13.9. The number of thioether (sulfide) groups is 1. The third-order valence-electron chi connectivity index (χ3n) is 28.7. The predicted molar refractivity (Wildman–Crippen MR) is 537 cm³/mol. The van der Waals surface area contributed by atoms with Gasteiger partial charge in [-0.05, 0) is 128 Å². The van der Waals surface area contributed by atoms with Crippen LogP contribution in [-0.4, -0.2) is 270 Å². The van der Waals surface area contributed by atoms with E-state index in [2.05, 4.69) is 112 Å². The van der Waals surface area contributed by atoms with Gasteiger partial charge in [0.15, 0.2) is 0 Å². The normalized spacial score (nSPS) is 22.3. The number of hydrogen-bond donors (Lipinski definition) is 17. The molecule has 9 aliphatic rings. The predicted octanol–water partition coefficient (Wildman–Crippen LogP) is 14.4. The van der Waals surface area contributed by atoms with Crippen LogP contribution in [-0.2, 0) is 28.7 Å². The number of nitrogens with zero attached hydrogens (tertiary/aromatic N) is 1. The maximum Gasteiger partial charge on any atom is 0.383 e. The van der Waals surface area contributed by atoms with E-state index in [1.165, 1.54) is 206 Å². The summed E-state index contributed by atoms with van der Waals surface area (Å²) in [5, 5.41) is 103. The van der Waals surface area contributed by atoms with Gasteiger partial charge in [0.1, 0.15) is 12.2 Å². The van der Waals surface area contributed by atoms with Crippen LogP contribution in [0.2, 0.25) is 0 Å². The number of ether oxygens (including phenoxy) is 2. The Kier molecular flexibility index (Phi) is 83.2. The zero-order valence-electron chi connectivity index (χ0n) is 86.0. The fraction of sp³-hybridized carbons (Fsp3) is 0.931. The van der Waals surface area contributed by atoms with Gasteiger partial charge in [0.2, 0.25) is 17.8 Å². The monoisotopic (exact) mass is 2420 g/mol. The summed E-state index contributed by atoms with van der Waals surface area (Å²) in [6.07, 6.45) is 57.6. The van der Waals surface area contributed by atoms with E-state index >= 15 is 0 Å². The van der Waals surface area contributed by atoms with Crippen molar-refractivity contribution in [3.05, 3.63) is 18.2 Å². The summed E-state index contributed by atoms with van der Waals surface area (Å²) < 4.78 is 41.3. The van der Waals surface area contributed by atoms with E-state index < -0.39 is 66.4 Å². The molecule has 796 valence electrons. The van der Waals surface area contributed by atoms with E-state index in [9.17, 15) is 68.5 Å². The van der Waals surface area contributed by atoms with Crippen LogP contribution in [0.5, 0.6) is 0 Å². The second-order valence-electron chi connectivity index (χ2n) is 40.9. The Morgan fingerprint density at radius 1 is 0.478 bits per heavy atom. The summed E-state index contributed by atoms with van der Waals surface area (Å²) in [5.74, 6) is -1.26. The number of aliphatic hydroxyl groups is 7. The van der Waals surface area contributed by atoms with Gasteiger partial charge in [0.05, 0.1) is 49.1 Å².